The highest BCUT2D eigenvalue weighted by atomic mass is 35.5. The van der Waals surface area contributed by atoms with E-state index in [4.69, 9.17) is 23.2 Å². The van der Waals surface area contributed by atoms with E-state index >= 15 is 0 Å². The first kappa shape index (κ1) is 23.3. The lowest BCUT2D eigenvalue weighted by atomic mass is 10.1. The fourth-order valence-electron chi connectivity index (χ4n) is 3.25. The van der Waals surface area contributed by atoms with Crippen LogP contribution in [0.2, 0.25) is 10.0 Å². The van der Waals surface area contributed by atoms with Gasteiger partial charge >= 0.3 is 0 Å². The number of carbonyl (C=O) groups excluding carboxylic acids is 1. The summed E-state index contributed by atoms with van der Waals surface area (Å²) < 4.78 is 28.6. The van der Waals surface area contributed by atoms with Crippen molar-refractivity contribution in [2.75, 3.05) is 5.32 Å². The molecule has 31 heavy (non-hydrogen) atoms. The Morgan fingerprint density at radius 3 is 2.23 bits per heavy atom. The molecule has 0 saturated heterocycles. The zero-order valence-corrected chi connectivity index (χ0v) is 19.4. The van der Waals surface area contributed by atoms with E-state index in [1.807, 2.05) is 62.4 Å². The lowest BCUT2D eigenvalue weighted by Crippen LogP contribution is -2.45. The number of benzene rings is 3. The molecule has 3 rings (SSSR count). The molecule has 0 aliphatic rings. The predicted molar refractivity (Wildman–Crippen MR) is 125 cm³/mol. The monoisotopic (exact) mass is 476 g/mol. The molecule has 0 fully saturated rings. The number of rotatable bonds is 7. The van der Waals surface area contributed by atoms with E-state index < -0.39 is 22.0 Å². The lowest BCUT2D eigenvalue weighted by molar-refractivity contribution is -0.117. The smallest absolute Gasteiger partial charge is 0.242 e. The highest BCUT2D eigenvalue weighted by Gasteiger charge is 2.28. The maximum absolute atomic E-state index is 13.1. The van der Waals surface area contributed by atoms with Crippen molar-refractivity contribution >= 4 is 44.8 Å². The van der Waals surface area contributed by atoms with Crippen LogP contribution in [0.5, 0.6) is 0 Å². The third kappa shape index (κ3) is 6.31. The van der Waals surface area contributed by atoms with Crippen molar-refractivity contribution in [3.63, 3.8) is 0 Å². The van der Waals surface area contributed by atoms with Gasteiger partial charge < -0.3 is 5.32 Å². The Morgan fingerprint density at radius 2 is 1.58 bits per heavy atom. The number of hydrogen-bond donors (Lipinski definition) is 2. The molecule has 1 amide bonds. The molecular weight excluding hydrogens is 455 g/mol. The van der Waals surface area contributed by atoms with Crippen molar-refractivity contribution in [3.05, 3.63) is 93.5 Å². The highest BCUT2D eigenvalue weighted by Crippen LogP contribution is 2.25. The van der Waals surface area contributed by atoms with Crippen molar-refractivity contribution in [1.82, 2.24) is 4.72 Å². The van der Waals surface area contributed by atoms with Crippen molar-refractivity contribution in [2.24, 2.45) is 0 Å². The second kappa shape index (κ2) is 9.83. The van der Waals surface area contributed by atoms with Crippen molar-refractivity contribution in [1.29, 1.82) is 0 Å². The minimum atomic E-state index is -4.11. The molecule has 0 aliphatic carbocycles. The van der Waals surface area contributed by atoms with Gasteiger partial charge in [-0.15, -0.1) is 0 Å². The SMILES string of the molecule is Cc1cc(C)cc(NC(=O)[C@H](Cc2ccccc2)NS(=O)(=O)c2cc(Cl)ccc2Cl)c1. The third-order valence-corrected chi connectivity index (χ3v) is 6.76. The zero-order valence-electron chi connectivity index (χ0n) is 17.0. The normalized spacial score (nSPS) is 12.4. The molecule has 162 valence electrons. The van der Waals surface area contributed by atoms with Gasteiger partial charge in [0.25, 0.3) is 0 Å². The zero-order chi connectivity index (χ0) is 22.6. The van der Waals surface area contributed by atoms with Crippen molar-refractivity contribution in [3.8, 4) is 0 Å². The minimum absolute atomic E-state index is 0.0186. The first-order valence-electron chi connectivity index (χ1n) is 9.54. The molecule has 0 aromatic heterocycles. The Balaban J connectivity index is 1.92. The average Bonchev–Trinajstić information content (AvgIpc) is 2.69. The molecule has 1 atom stereocenters. The fraction of sp³-hybridized carbons (Fsp3) is 0.174. The van der Waals surface area contributed by atoms with Gasteiger partial charge in [0.05, 0.1) is 5.02 Å². The summed E-state index contributed by atoms with van der Waals surface area (Å²) in [6.07, 6.45) is 0.162. The van der Waals surface area contributed by atoms with Gasteiger partial charge in [-0.3, -0.25) is 4.79 Å². The largest absolute Gasteiger partial charge is 0.325 e. The van der Waals surface area contributed by atoms with Crippen LogP contribution in [0.4, 0.5) is 5.69 Å². The molecule has 0 saturated carbocycles. The number of nitrogens with one attached hydrogen (secondary N) is 2. The minimum Gasteiger partial charge on any atom is -0.325 e. The second-order valence-electron chi connectivity index (χ2n) is 7.30. The molecule has 0 unspecified atom stereocenters. The highest BCUT2D eigenvalue weighted by molar-refractivity contribution is 7.89. The van der Waals surface area contributed by atoms with E-state index in [9.17, 15) is 13.2 Å². The average molecular weight is 477 g/mol. The maximum atomic E-state index is 13.1. The predicted octanol–water partition coefficient (Wildman–Crippen LogP) is 5.14. The Hall–Kier alpha value is -2.38. The van der Waals surface area contributed by atoms with Crippen LogP contribution in [0.25, 0.3) is 0 Å². The molecule has 0 radical (unpaired) electrons. The Bertz CT molecular complexity index is 1180. The van der Waals surface area contributed by atoms with Gasteiger partial charge in [-0.1, -0.05) is 59.6 Å². The van der Waals surface area contributed by atoms with E-state index in [1.54, 1.807) is 0 Å². The van der Waals surface area contributed by atoms with Crippen LogP contribution in [0.3, 0.4) is 0 Å². The standard InChI is InChI=1S/C23H22Cl2N2O3S/c1-15-10-16(2)12-19(11-15)26-23(28)21(13-17-6-4-3-5-7-17)27-31(29,30)22-14-18(24)8-9-20(22)25/h3-12,14,21,27H,13H2,1-2H3,(H,26,28)/t21-/m0/s1. The summed E-state index contributed by atoms with van der Waals surface area (Å²) in [5, 5.41) is 3.06. The first-order valence-corrected chi connectivity index (χ1v) is 11.8. The molecule has 0 aliphatic heterocycles. The number of amides is 1. The van der Waals surface area contributed by atoms with E-state index in [2.05, 4.69) is 10.0 Å². The number of anilines is 1. The molecule has 0 spiro atoms. The van der Waals surface area contributed by atoms with Crippen LogP contribution < -0.4 is 10.0 Å². The van der Waals surface area contributed by atoms with Crippen LogP contribution in [-0.4, -0.2) is 20.4 Å². The topological polar surface area (TPSA) is 75.3 Å². The Labute approximate surface area is 192 Å². The second-order valence-corrected chi connectivity index (χ2v) is 9.83. The Kier molecular flexibility index (Phi) is 7.38. The van der Waals surface area contributed by atoms with Crippen LogP contribution in [0, 0.1) is 13.8 Å². The van der Waals surface area contributed by atoms with E-state index in [0.29, 0.717) is 5.69 Å². The number of aryl methyl sites for hydroxylation is 2. The molecule has 5 nitrogen and oxygen atoms in total. The molecular formula is C23H22Cl2N2O3S. The summed E-state index contributed by atoms with van der Waals surface area (Å²) in [6.45, 7) is 3.85. The van der Waals surface area contributed by atoms with Gasteiger partial charge in [0.15, 0.2) is 0 Å². The Morgan fingerprint density at radius 1 is 0.935 bits per heavy atom. The number of halogens is 2. The van der Waals surface area contributed by atoms with Crippen molar-refractivity contribution in [2.45, 2.75) is 31.2 Å². The lowest BCUT2D eigenvalue weighted by Gasteiger charge is -2.20. The van der Waals surface area contributed by atoms with Gasteiger partial charge in [-0.25, -0.2) is 8.42 Å². The van der Waals surface area contributed by atoms with Crippen molar-refractivity contribution < 1.29 is 13.2 Å². The number of hydrogen-bond acceptors (Lipinski definition) is 3. The molecule has 2 N–H and O–H groups in total. The molecule has 0 heterocycles. The summed E-state index contributed by atoms with van der Waals surface area (Å²) in [6, 6.07) is 17.9. The van der Waals surface area contributed by atoms with Crippen LogP contribution in [0.1, 0.15) is 16.7 Å². The van der Waals surface area contributed by atoms with E-state index in [0.717, 1.165) is 16.7 Å². The van der Waals surface area contributed by atoms with Gasteiger partial charge in [0, 0.05) is 10.7 Å². The summed E-state index contributed by atoms with van der Waals surface area (Å²) in [7, 11) is -4.11. The molecule has 8 heteroatoms. The van der Waals surface area contributed by atoms with E-state index in [1.165, 1.54) is 18.2 Å². The number of sulfonamides is 1. The summed E-state index contributed by atoms with van der Waals surface area (Å²) in [5.41, 5.74) is 3.38. The van der Waals surface area contributed by atoms with Gasteiger partial charge in [-0.2, -0.15) is 4.72 Å². The fourth-order valence-corrected chi connectivity index (χ4v) is 5.21. The third-order valence-electron chi connectivity index (χ3n) is 4.57. The molecule has 3 aromatic rings. The molecule has 0 bridgehead atoms. The quantitative estimate of drug-likeness (QED) is 0.495. The van der Waals surface area contributed by atoms with Gasteiger partial charge in [0.1, 0.15) is 10.9 Å². The van der Waals surface area contributed by atoms with E-state index in [-0.39, 0.29) is 21.4 Å². The maximum Gasteiger partial charge on any atom is 0.242 e. The summed E-state index contributed by atoms with van der Waals surface area (Å²) >= 11 is 12.0. The van der Waals surface area contributed by atoms with Gasteiger partial charge in [-0.05, 0) is 67.3 Å². The van der Waals surface area contributed by atoms with Crippen LogP contribution in [0.15, 0.2) is 71.6 Å². The number of carbonyl (C=O) groups is 1. The first-order chi connectivity index (χ1) is 14.6. The summed E-state index contributed by atoms with van der Waals surface area (Å²) in [4.78, 5) is 12.9. The summed E-state index contributed by atoms with van der Waals surface area (Å²) in [5.74, 6) is -0.476. The van der Waals surface area contributed by atoms with Gasteiger partial charge in [0.2, 0.25) is 15.9 Å². The van der Waals surface area contributed by atoms with Crippen LogP contribution >= 0.6 is 23.2 Å². The van der Waals surface area contributed by atoms with Crippen LogP contribution in [-0.2, 0) is 21.2 Å². The molecule has 3 aromatic carbocycles.